The molecular weight excluding hydrogens is 268 g/mol. The molecule has 0 bridgehead atoms. The molecular formula is C11H10N4O5. The molecule has 0 saturated carbocycles. The number of nitrogens with one attached hydrogen (secondary N) is 1. The van der Waals surface area contributed by atoms with Gasteiger partial charge in [-0.25, -0.2) is 4.98 Å². The van der Waals surface area contributed by atoms with Crippen LogP contribution in [0.5, 0.6) is 0 Å². The maximum Gasteiger partial charge on any atom is 0.311 e. The summed E-state index contributed by atoms with van der Waals surface area (Å²) in [7, 11) is 0. The Kier molecular flexibility index (Phi) is 3.76. The Hall–Kier alpha value is -2.73. The molecule has 104 valence electrons. The number of nitrogens with zero attached hydrogens (tertiary/aromatic N) is 3. The molecule has 1 aliphatic heterocycles. The number of aromatic nitrogens is 1. The SMILES string of the molecule is N#Cc1cc([N+](=O)[O-])cnc1NC1COCC1C(=O)O. The standard InChI is InChI=1S/C11H10N4O5/c12-2-6-1-7(15(18)19)3-13-10(6)14-9-5-20-4-8(9)11(16)17/h1,3,8-9H,4-5H2,(H,13,14)(H,16,17). The minimum Gasteiger partial charge on any atom is -0.481 e. The summed E-state index contributed by atoms with van der Waals surface area (Å²) in [5.41, 5.74) is -0.320. The Balaban J connectivity index is 2.23. The first-order valence-electron chi connectivity index (χ1n) is 5.64. The second kappa shape index (κ2) is 5.50. The number of rotatable bonds is 4. The zero-order valence-electron chi connectivity index (χ0n) is 10.1. The van der Waals surface area contributed by atoms with E-state index >= 15 is 0 Å². The molecule has 1 aromatic rings. The molecule has 1 fully saturated rings. The van der Waals surface area contributed by atoms with Gasteiger partial charge in [0.15, 0.2) is 0 Å². The van der Waals surface area contributed by atoms with E-state index in [0.29, 0.717) is 0 Å². The number of carboxylic acids is 1. The molecule has 0 spiro atoms. The highest BCUT2D eigenvalue weighted by Gasteiger charge is 2.34. The van der Waals surface area contributed by atoms with Gasteiger partial charge in [0, 0.05) is 6.07 Å². The third-order valence-electron chi connectivity index (χ3n) is 2.92. The van der Waals surface area contributed by atoms with Gasteiger partial charge in [-0.1, -0.05) is 0 Å². The number of nitriles is 1. The van der Waals surface area contributed by atoms with E-state index in [1.54, 1.807) is 6.07 Å². The van der Waals surface area contributed by atoms with Crippen LogP contribution in [0.2, 0.25) is 0 Å². The van der Waals surface area contributed by atoms with Crippen molar-refractivity contribution < 1.29 is 19.6 Å². The van der Waals surface area contributed by atoms with Crippen molar-refractivity contribution in [2.45, 2.75) is 6.04 Å². The average molecular weight is 278 g/mol. The molecule has 0 amide bonds. The minimum absolute atomic E-state index is 0.0183. The first kappa shape index (κ1) is 13.7. The quantitative estimate of drug-likeness (QED) is 0.595. The number of carbonyl (C=O) groups is 1. The fourth-order valence-electron chi connectivity index (χ4n) is 1.87. The van der Waals surface area contributed by atoms with Crippen molar-refractivity contribution in [3.05, 3.63) is 27.9 Å². The monoisotopic (exact) mass is 278 g/mol. The molecule has 2 atom stereocenters. The molecule has 9 nitrogen and oxygen atoms in total. The number of hydrogen-bond acceptors (Lipinski definition) is 7. The molecule has 1 saturated heterocycles. The van der Waals surface area contributed by atoms with Crippen molar-refractivity contribution in [2.75, 3.05) is 18.5 Å². The predicted octanol–water partition coefficient (Wildman–Crippen LogP) is 0.373. The van der Waals surface area contributed by atoms with Crippen molar-refractivity contribution in [3.63, 3.8) is 0 Å². The second-order valence-electron chi connectivity index (χ2n) is 4.19. The van der Waals surface area contributed by atoms with Crippen molar-refractivity contribution in [1.82, 2.24) is 4.98 Å². The smallest absolute Gasteiger partial charge is 0.311 e. The van der Waals surface area contributed by atoms with E-state index in [4.69, 9.17) is 15.1 Å². The van der Waals surface area contributed by atoms with E-state index in [-0.39, 0.29) is 30.3 Å². The molecule has 9 heteroatoms. The van der Waals surface area contributed by atoms with E-state index in [1.165, 1.54) is 0 Å². The normalized spacial score (nSPS) is 21.1. The molecule has 0 radical (unpaired) electrons. The number of hydrogen-bond donors (Lipinski definition) is 2. The first-order chi connectivity index (χ1) is 9.52. The lowest BCUT2D eigenvalue weighted by Crippen LogP contribution is -2.33. The molecule has 2 N–H and O–H groups in total. The lowest BCUT2D eigenvalue weighted by Gasteiger charge is -2.16. The van der Waals surface area contributed by atoms with Gasteiger partial charge in [-0.05, 0) is 0 Å². The second-order valence-corrected chi connectivity index (χ2v) is 4.19. The van der Waals surface area contributed by atoms with Crippen molar-refractivity contribution in [1.29, 1.82) is 5.26 Å². The highest BCUT2D eigenvalue weighted by Crippen LogP contribution is 2.23. The van der Waals surface area contributed by atoms with Crippen LogP contribution in [0, 0.1) is 27.4 Å². The van der Waals surface area contributed by atoms with Crippen molar-refractivity contribution in [2.24, 2.45) is 5.92 Å². The van der Waals surface area contributed by atoms with Gasteiger partial charge in [0.1, 0.15) is 29.6 Å². The lowest BCUT2D eigenvalue weighted by atomic mass is 10.0. The third-order valence-corrected chi connectivity index (χ3v) is 2.92. The van der Waals surface area contributed by atoms with Crippen molar-refractivity contribution in [3.8, 4) is 6.07 Å². The zero-order chi connectivity index (χ0) is 14.7. The van der Waals surface area contributed by atoms with Crippen LogP contribution in [0.4, 0.5) is 11.5 Å². The molecule has 2 rings (SSSR count). The van der Waals surface area contributed by atoms with Gasteiger partial charge in [0.25, 0.3) is 5.69 Å². The molecule has 20 heavy (non-hydrogen) atoms. The maximum atomic E-state index is 11.0. The van der Waals surface area contributed by atoms with Crippen molar-refractivity contribution >= 4 is 17.5 Å². The number of carboxylic acid groups (broad SMARTS) is 1. The van der Waals surface area contributed by atoms with Gasteiger partial charge in [-0.3, -0.25) is 14.9 Å². The first-order valence-corrected chi connectivity index (χ1v) is 5.64. The zero-order valence-corrected chi connectivity index (χ0v) is 10.1. The number of anilines is 1. The summed E-state index contributed by atoms with van der Waals surface area (Å²) in [4.78, 5) is 24.8. The molecule has 2 unspecified atom stereocenters. The fourth-order valence-corrected chi connectivity index (χ4v) is 1.87. The molecule has 2 heterocycles. The Morgan fingerprint density at radius 2 is 2.40 bits per heavy atom. The van der Waals surface area contributed by atoms with Crippen LogP contribution in [0.1, 0.15) is 5.56 Å². The van der Waals surface area contributed by atoms with E-state index in [0.717, 1.165) is 12.3 Å². The van der Waals surface area contributed by atoms with Crippen LogP contribution >= 0.6 is 0 Å². The Bertz CT molecular complexity index is 597. The highest BCUT2D eigenvalue weighted by molar-refractivity contribution is 5.72. The minimum atomic E-state index is -1.01. The largest absolute Gasteiger partial charge is 0.481 e. The summed E-state index contributed by atoms with van der Waals surface area (Å²) in [6, 6.07) is 2.34. The summed E-state index contributed by atoms with van der Waals surface area (Å²) in [5.74, 6) is -1.65. The Labute approximate surface area is 112 Å². The number of ether oxygens (including phenoxy) is 1. The van der Waals surface area contributed by atoms with Crippen LogP contribution in [0.25, 0.3) is 0 Å². The summed E-state index contributed by atoms with van der Waals surface area (Å²) in [6.45, 7) is 0.238. The fraction of sp³-hybridized carbons (Fsp3) is 0.364. The number of aliphatic carboxylic acids is 1. The van der Waals surface area contributed by atoms with Crippen LogP contribution in [0.15, 0.2) is 12.3 Å². The van der Waals surface area contributed by atoms with Gasteiger partial charge in [-0.15, -0.1) is 0 Å². The van der Waals surface area contributed by atoms with Crippen LogP contribution in [0.3, 0.4) is 0 Å². The topological polar surface area (TPSA) is 138 Å². The molecule has 1 aliphatic rings. The highest BCUT2D eigenvalue weighted by atomic mass is 16.6. The predicted molar refractivity (Wildman–Crippen MR) is 65.0 cm³/mol. The van der Waals surface area contributed by atoms with Gasteiger partial charge < -0.3 is 15.2 Å². The van der Waals surface area contributed by atoms with E-state index < -0.39 is 22.9 Å². The van der Waals surface area contributed by atoms with Gasteiger partial charge in [-0.2, -0.15) is 5.26 Å². The number of pyridine rings is 1. The Morgan fingerprint density at radius 1 is 1.65 bits per heavy atom. The summed E-state index contributed by atoms with van der Waals surface area (Å²) >= 11 is 0. The molecule has 1 aromatic heterocycles. The third kappa shape index (κ3) is 2.65. The Morgan fingerprint density at radius 3 is 3.00 bits per heavy atom. The molecule has 0 aliphatic carbocycles. The van der Waals surface area contributed by atoms with E-state index in [1.807, 2.05) is 0 Å². The van der Waals surface area contributed by atoms with Gasteiger partial charge in [0.05, 0.1) is 24.2 Å². The summed E-state index contributed by atoms with van der Waals surface area (Å²) in [6.07, 6.45) is 1.01. The summed E-state index contributed by atoms with van der Waals surface area (Å²) in [5, 5.41) is 31.4. The van der Waals surface area contributed by atoms with Gasteiger partial charge >= 0.3 is 5.97 Å². The maximum absolute atomic E-state index is 11.0. The van der Waals surface area contributed by atoms with Crippen LogP contribution in [-0.4, -0.2) is 40.2 Å². The number of nitro groups is 1. The molecule has 0 aromatic carbocycles. The summed E-state index contributed by atoms with van der Waals surface area (Å²) < 4.78 is 5.08. The average Bonchev–Trinajstić information content (AvgIpc) is 2.87. The van der Waals surface area contributed by atoms with Crippen LogP contribution < -0.4 is 5.32 Å². The van der Waals surface area contributed by atoms with E-state index in [2.05, 4.69) is 10.3 Å². The van der Waals surface area contributed by atoms with E-state index in [9.17, 15) is 14.9 Å². The van der Waals surface area contributed by atoms with Gasteiger partial charge in [0.2, 0.25) is 0 Å². The lowest BCUT2D eigenvalue weighted by molar-refractivity contribution is -0.385. The van der Waals surface area contributed by atoms with Crippen LogP contribution in [-0.2, 0) is 9.53 Å².